The Morgan fingerprint density at radius 3 is 2.75 bits per heavy atom. The Balaban J connectivity index is 2.07. The normalized spacial score (nSPS) is 10.7. The zero-order chi connectivity index (χ0) is 14.1. The van der Waals surface area contributed by atoms with Crippen LogP contribution in [-0.4, -0.2) is 4.98 Å². The van der Waals surface area contributed by atoms with E-state index in [4.69, 9.17) is 16.3 Å². The Kier molecular flexibility index (Phi) is 3.51. The summed E-state index contributed by atoms with van der Waals surface area (Å²) in [6.45, 7) is 0. The fraction of sp³-hybridized carbons (Fsp3) is 0. The molecule has 0 spiro atoms. The zero-order valence-electron chi connectivity index (χ0n) is 10.2. The van der Waals surface area contributed by atoms with Crippen LogP contribution in [0.5, 0.6) is 11.5 Å². The van der Waals surface area contributed by atoms with Crippen LogP contribution < -0.4 is 10.2 Å². The monoisotopic (exact) mass is 349 g/mol. The van der Waals surface area contributed by atoms with Crippen molar-refractivity contribution < 1.29 is 4.74 Å². The van der Waals surface area contributed by atoms with Gasteiger partial charge >= 0.3 is 0 Å². The van der Waals surface area contributed by atoms with Crippen molar-refractivity contribution in [1.29, 1.82) is 0 Å². The molecule has 1 aromatic heterocycles. The van der Waals surface area contributed by atoms with Gasteiger partial charge in [-0.15, -0.1) is 0 Å². The lowest BCUT2D eigenvalue weighted by Gasteiger charge is -2.08. The molecule has 1 N–H and O–H groups in total. The highest BCUT2D eigenvalue weighted by atomic mass is 79.9. The number of benzene rings is 2. The highest BCUT2D eigenvalue weighted by Crippen LogP contribution is 2.29. The van der Waals surface area contributed by atoms with E-state index in [0.717, 1.165) is 5.52 Å². The second kappa shape index (κ2) is 5.31. The summed E-state index contributed by atoms with van der Waals surface area (Å²) in [5.41, 5.74) is 0.674. The number of aromatic nitrogens is 1. The molecule has 0 aliphatic rings. The Morgan fingerprint density at radius 1 is 1.15 bits per heavy atom. The molecule has 100 valence electrons. The fourth-order valence-electron chi connectivity index (χ4n) is 1.89. The minimum absolute atomic E-state index is 0.0802. The van der Waals surface area contributed by atoms with Crippen LogP contribution in [0, 0.1) is 0 Å². The van der Waals surface area contributed by atoms with Gasteiger partial charge in [0.25, 0.3) is 0 Å². The van der Waals surface area contributed by atoms with Gasteiger partial charge in [-0.3, -0.25) is 4.79 Å². The van der Waals surface area contributed by atoms with Crippen LogP contribution in [-0.2, 0) is 0 Å². The first-order valence-corrected chi connectivity index (χ1v) is 7.05. The van der Waals surface area contributed by atoms with Crippen molar-refractivity contribution in [3.63, 3.8) is 0 Å². The summed E-state index contributed by atoms with van der Waals surface area (Å²) in [6.07, 6.45) is 1.62. The zero-order valence-corrected chi connectivity index (χ0v) is 12.5. The fourth-order valence-corrected chi connectivity index (χ4v) is 2.39. The number of ether oxygens (including phenoxy) is 1. The molecule has 0 bridgehead atoms. The van der Waals surface area contributed by atoms with Crippen LogP contribution in [0.4, 0.5) is 0 Å². The van der Waals surface area contributed by atoms with E-state index < -0.39 is 0 Å². The van der Waals surface area contributed by atoms with Gasteiger partial charge < -0.3 is 9.72 Å². The number of rotatable bonds is 2. The Bertz CT molecular complexity index is 845. The van der Waals surface area contributed by atoms with Gasteiger partial charge in [0.15, 0.2) is 0 Å². The van der Waals surface area contributed by atoms with E-state index in [-0.39, 0.29) is 5.43 Å². The number of pyridine rings is 1. The average Bonchev–Trinajstić information content (AvgIpc) is 2.46. The molecular formula is C15H9BrClNO2. The van der Waals surface area contributed by atoms with Gasteiger partial charge in [-0.25, -0.2) is 0 Å². The third kappa shape index (κ3) is 2.44. The Morgan fingerprint density at radius 2 is 1.95 bits per heavy atom. The van der Waals surface area contributed by atoms with Gasteiger partial charge in [0, 0.05) is 11.7 Å². The van der Waals surface area contributed by atoms with E-state index in [1.165, 1.54) is 0 Å². The van der Waals surface area contributed by atoms with Crippen molar-refractivity contribution in [1.82, 2.24) is 4.98 Å². The number of H-pyrrole nitrogens is 1. The largest absolute Gasteiger partial charge is 0.456 e. The topological polar surface area (TPSA) is 42.1 Å². The molecule has 0 atom stereocenters. The van der Waals surface area contributed by atoms with E-state index in [2.05, 4.69) is 20.9 Å². The third-order valence-corrected chi connectivity index (χ3v) is 3.77. The van der Waals surface area contributed by atoms with Crippen molar-refractivity contribution in [3.8, 4) is 11.5 Å². The molecular weight excluding hydrogens is 342 g/mol. The minimum Gasteiger partial charge on any atom is -0.456 e. The van der Waals surface area contributed by atoms with Gasteiger partial charge in [-0.1, -0.05) is 23.7 Å². The molecule has 3 rings (SSSR count). The first kappa shape index (κ1) is 13.2. The molecule has 0 aliphatic heterocycles. The summed E-state index contributed by atoms with van der Waals surface area (Å²) in [7, 11) is 0. The van der Waals surface area contributed by atoms with Gasteiger partial charge in [-0.05, 0) is 46.3 Å². The van der Waals surface area contributed by atoms with Crippen molar-refractivity contribution in [2.45, 2.75) is 0 Å². The lowest BCUT2D eigenvalue weighted by Crippen LogP contribution is -2.03. The first-order chi connectivity index (χ1) is 9.65. The number of para-hydroxylation sites is 1. The van der Waals surface area contributed by atoms with Crippen LogP contribution >= 0.6 is 27.5 Å². The van der Waals surface area contributed by atoms with Crippen molar-refractivity contribution in [3.05, 3.63) is 68.4 Å². The molecule has 3 nitrogen and oxygen atoms in total. The maximum Gasteiger partial charge on any atom is 0.203 e. The molecule has 20 heavy (non-hydrogen) atoms. The summed E-state index contributed by atoms with van der Waals surface area (Å²) in [4.78, 5) is 15.1. The quantitative estimate of drug-likeness (QED) is 0.725. The number of nitrogens with one attached hydrogen (secondary N) is 1. The molecule has 0 amide bonds. The second-order valence-electron chi connectivity index (χ2n) is 4.21. The summed E-state index contributed by atoms with van der Waals surface area (Å²) in [5.74, 6) is 1.12. The number of halogens is 2. The average molecular weight is 351 g/mol. The van der Waals surface area contributed by atoms with E-state index in [0.29, 0.717) is 26.4 Å². The predicted octanol–water partition coefficient (Wildman–Crippen LogP) is 4.74. The Hall–Kier alpha value is -1.78. The minimum atomic E-state index is -0.0802. The molecule has 0 saturated carbocycles. The maximum atomic E-state index is 12.1. The summed E-state index contributed by atoms with van der Waals surface area (Å²) >= 11 is 9.26. The third-order valence-electron chi connectivity index (χ3n) is 2.87. The van der Waals surface area contributed by atoms with Crippen molar-refractivity contribution in [2.24, 2.45) is 0 Å². The van der Waals surface area contributed by atoms with Crippen LogP contribution in [0.2, 0.25) is 5.02 Å². The SMILES string of the molecule is O=c1c(Br)c[nH]c2ccc(Oc3ccccc3Cl)cc12. The second-order valence-corrected chi connectivity index (χ2v) is 5.47. The molecule has 5 heteroatoms. The van der Waals surface area contributed by atoms with E-state index in [1.807, 2.05) is 12.1 Å². The molecule has 3 aromatic rings. The van der Waals surface area contributed by atoms with E-state index in [9.17, 15) is 4.79 Å². The smallest absolute Gasteiger partial charge is 0.203 e. The van der Waals surface area contributed by atoms with E-state index in [1.54, 1.807) is 36.5 Å². The highest BCUT2D eigenvalue weighted by molar-refractivity contribution is 9.10. The predicted molar refractivity (Wildman–Crippen MR) is 83.8 cm³/mol. The summed E-state index contributed by atoms with van der Waals surface area (Å²) in [6, 6.07) is 12.5. The standard InChI is InChI=1S/C15H9BrClNO2/c16-11-8-18-13-6-5-9(7-10(13)15(11)19)20-14-4-2-1-3-12(14)17/h1-8H,(H,18,19). The lowest BCUT2D eigenvalue weighted by molar-refractivity contribution is 0.483. The number of fused-ring (bicyclic) bond motifs is 1. The molecule has 0 aliphatic carbocycles. The van der Waals surface area contributed by atoms with Gasteiger partial charge in [0.05, 0.1) is 14.9 Å². The number of hydrogen-bond acceptors (Lipinski definition) is 2. The first-order valence-electron chi connectivity index (χ1n) is 5.88. The molecule has 1 heterocycles. The van der Waals surface area contributed by atoms with Crippen LogP contribution in [0.25, 0.3) is 10.9 Å². The van der Waals surface area contributed by atoms with Crippen molar-refractivity contribution in [2.75, 3.05) is 0 Å². The summed E-state index contributed by atoms with van der Waals surface area (Å²) in [5, 5.41) is 1.08. The summed E-state index contributed by atoms with van der Waals surface area (Å²) < 4.78 is 6.20. The van der Waals surface area contributed by atoms with Gasteiger partial charge in [0.2, 0.25) is 5.43 Å². The molecule has 0 fully saturated rings. The maximum absolute atomic E-state index is 12.1. The molecule has 0 radical (unpaired) electrons. The molecule has 0 saturated heterocycles. The lowest BCUT2D eigenvalue weighted by atomic mass is 10.2. The molecule has 0 unspecified atom stereocenters. The number of hydrogen-bond donors (Lipinski definition) is 1. The highest BCUT2D eigenvalue weighted by Gasteiger charge is 2.06. The van der Waals surface area contributed by atoms with Crippen LogP contribution in [0.1, 0.15) is 0 Å². The Labute approximate surface area is 128 Å². The van der Waals surface area contributed by atoms with Gasteiger partial charge in [-0.2, -0.15) is 0 Å². The van der Waals surface area contributed by atoms with Crippen molar-refractivity contribution >= 4 is 38.4 Å². The van der Waals surface area contributed by atoms with Crippen LogP contribution in [0.3, 0.4) is 0 Å². The molecule has 2 aromatic carbocycles. The van der Waals surface area contributed by atoms with Gasteiger partial charge in [0.1, 0.15) is 11.5 Å². The van der Waals surface area contributed by atoms with Crippen LogP contribution in [0.15, 0.2) is 57.9 Å². The number of aromatic amines is 1. The van der Waals surface area contributed by atoms with E-state index >= 15 is 0 Å².